The zero-order valence-electron chi connectivity index (χ0n) is 8.77. The zero-order valence-corrected chi connectivity index (χ0v) is 8.77. The molecule has 0 saturated heterocycles. The lowest BCUT2D eigenvalue weighted by atomic mass is 10.1. The predicted molar refractivity (Wildman–Crippen MR) is 57.3 cm³/mol. The number of aliphatic hydroxyl groups is 1. The number of carbonyl (C=O) groups is 1. The van der Waals surface area contributed by atoms with Gasteiger partial charge in [-0.2, -0.15) is 5.26 Å². The standard InChI is InChI=1S/C10H12N4O2/c1-10(16,6-12)9(15)14-8-3-2-7(4-11)13-5-8/h2-3,5,16H,6,12H2,1H3,(H,14,15)/t10-/m0/s1. The summed E-state index contributed by atoms with van der Waals surface area (Å²) < 4.78 is 0. The van der Waals surface area contributed by atoms with Gasteiger partial charge < -0.3 is 16.2 Å². The van der Waals surface area contributed by atoms with Crippen molar-refractivity contribution >= 4 is 11.6 Å². The van der Waals surface area contributed by atoms with Crippen LogP contribution in [0.5, 0.6) is 0 Å². The zero-order chi connectivity index (χ0) is 12.2. The Hall–Kier alpha value is -1.97. The smallest absolute Gasteiger partial charge is 0.257 e. The molecule has 0 aliphatic carbocycles. The van der Waals surface area contributed by atoms with Crippen molar-refractivity contribution in [3.63, 3.8) is 0 Å². The maximum atomic E-state index is 11.5. The molecule has 0 saturated carbocycles. The second-order valence-corrected chi connectivity index (χ2v) is 3.48. The first-order valence-corrected chi connectivity index (χ1v) is 4.59. The molecule has 1 amide bonds. The highest BCUT2D eigenvalue weighted by molar-refractivity contribution is 5.96. The molecule has 1 aromatic rings. The van der Waals surface area contributed by atoms with Gasteiger partial charge in [0.05, 0.1) is 11.9 Å². The summed E-state index contributed by atoms with van der Waals surface area (Å²) in [7, 11) is 0. The van der Waals surface area contributed by atoms with Crippen LogP contribution in [0.4, 0.5) is 5.69 Å². The van der Waals surface area contributed by atoms with E-state index in [2.05, 4.69) is 10.3 Å². The highest BCUT2D eigenvalue weighted by atomic mass is 16.3. The SMILES string of the molecule is C[C@](O)(CN)C(=O)Nc1ccc(C#N)nc1. The number of amides is 1. The fourth-order valence-electron chi connectivity index (χ4n) is 0.892. The molecule has 1 heterocycles. The molecule has 1 atom stereocenters. The van der Waals surface area contributed by atoms with E-state index < -0.39 is 11.5 Å². The second kappa shape index (κ2) is 4.70. The molecule has 1 rings (SSSR count). The average molecular weight is 220 g/mol. The lowest BCUT2D eigenvalue weighted by Crippen LogP contribution is -2.46. The summed E-state index contributed by atoms with van der Waals surface area (Å²) in [5, 5.41) is 20.5. The van der Waals surface area contributed by atoms with Crippen LogP contribution in [-0.4, -0.2) is 28.1 Å². The van der Waals surface area contributed by atoms with Gasteiger partial charge in [-0.05, 0) is 19.1 Å². The number of aromatic nitrogens is 1. The van der Waals surface area contributed by atoms with E-state index in [1.807, 2.05) is 6.07 Å². The minimum Gasteiger partial charge on any atom is -0.379 e. The molecule has 0 aromatic carbocycles. The van der Waals surface area contributed by atoms with E-state index >= 15 is 0 Å². The van der Waals surface area contributed by atoms with Gasteiger partial charge in [0, 0.05) is 6.54 Å². The third-order valence-electron chi connectivity index (χ3n) is 2.02. The minimum atomic E-state index is -1.62. The Morgan fingerprint density at radius 1 is 1.75 bits per heavy atom. The molecule has 4 N–H and O–H groups in total. The molecule has 0 spiro atoms. The molecular weight excluding hydrogens is 208 g/mol. The van der Waals surface area contributed by atoms with Crippen LogP contribution in [0.3, 0.4) is 0 Å². The molecule has 0 radical (unpaired) electrons. The van der Waals surface area contributed by atoms with Crippen LogP contribution in [0, 0.1) is 11.3 Å². The fraction of sp³-hybridized carbons (Fsp3) is 0.300. The second-order valence-electron chi connectivity index (χ2n) is 3.48. The van der Waals surface area contributed by atoms with Crippen molar-refractivity contribution in [2.75, 3.05) is 11.9 Å². The number of rotatable bonds is 3. The van der Waals surface area contributed by atoms with Crippen molar-refractivity contribution in [2.45, 2.75) is 12.5 Å². The monoisotopic (exact) mass is 220 g/mol. The Balaban J connectivity index is 2.75. The van der Waals surface area contributed by atoms with Crippen LogP contribution in [0.1, 0.15) is 12.6 Å². The van der Waals surface area contributed by atoms with Gasteiger partial charge in [-0.15, -0.1) is 0 Å². The minimum absolute atomic E-state index is 0.178. The first-order chi connectivity index (χ1) is 7.49. The first kappa shape index (κ1) is 12.1. The van der Waals surface area contributed by atoms with Gasteiger partial charge in [0.2, 0.25) is 0 Å². The topological polar surface area (TPSA) is 112 Å². The number of nitrogens with two attached hydrogens (primary N) is 1. The Labute approximate surface area is 92.7 Å². The largest absolute Gasteiger partial charge is 0.379 e. The Kier molecular flexibility index (Phi) is 3.55. The third kappa shape index (κ3) is 2.76. The van der Waals surface area contributed by atoms with Gasteiger partial charge in [0.25, 0.3) is 5.91 Å². The Morgan fingerprint density at radius 2 is 2.44 bits per heavy atom. The van der Waals surface area contributed by atoms with E-state index in [1.54, 1.807) is 0 Å². The van der Waals surface area contributed by atoms with Crippen LogP contribution in [-0.2, 0) is 4.79 Å². The van der Waals surface area contributed by atoms with Crippen molar-refractivity contribution < 1.29 is 9.90 Å². The summed E-state index contributed by atoms with van der Waals surface area (Å²) >= 11 is 0. The van der Waals surface area contributed by atoms with Crippen LogP contribution < -0.4 is 11.1 Å². The van der Waals surface area contributed by atoms with E-state index in [9.17, 15) is 9.90 Å². The number of anilines is 1. The van der Waals surface area contributed by atoms with E-state index in [0.717, 1.165) is 0 Å². The van der Waals surface area contributed by atoms with Gasteiger partial charge in [-0.25, -0.2) is 4.98 Å². The summed E-state index contributed by atoms with van der Waals surface area (Å²) in [5.74, 6) is -0.610. The molecule has 6 nitrogen and oxygen atoms in total. The Bertz CT molecular complexity index is 419. The lowest BCUT2D eigenvalue weighted by Gasteiger charge is -2.19. The molecule has 0 aliphatic rings. The van der Waals surface area contributed by atoms with Crippen molar-refractivity contribution in [3.05, 3.63) is 24.0 Å². The average Bonchev–Trinajstić information content (AvgIpc) is 2.30. The van der Waals surface area contributed by atoms with Crippen LogP contribution in [0.25, 0.3) is 0 Å². The number of nitrogens with zero attached hydrogens (tertiary/aromatic N) is 2. The van der Waals surface area contributed by atoms with Gasteiger partial charge in [-0.3, -0.25) is 4.79 Å². The normalized spacial score (nSPS) is 13.6. The number of carbonyl (C=O) groups excluding carboxylic acids is 1. The molecular formula is C10H12N4O2. The number of nitrogens with one attached hydrogen (secondary N) is 1. The van der Waals surface area contributed by atoms with Crippen LogP contribution >= 0.6 is 0 Å². The molecule has 0 bridgehead atoms. The van der Waals surface area contributed by atoms with Gasteiger partial charge in [0.15, 0.2) is 5.60 Å². The maximum Gasteiger partial charge on any atom is 0.257 e. The van der Waals surface area contributed by atoms with Gasteiger partial charge >= 0.3 is 0 Å². The Morgan fingerprint density at radius 3 is 2.88 bits per heavy atom. The number of pyridine rings is 1. The first-order valence-electron chi connectivity index (χ1n) is 4.59. The summed E-state index contributed by atoms with van der Waals surface area (Å²) in [6.45, 7) is 1.14. The van der Waals surface area contributed by atoms with Crippen molar-refractivity contribution in [3.8, 4) is 6.07 Å². The van der Waals surface area contributed by atoms with Crippen molar-refractivity contribution in [1.82, 2.24) is 4.98 Å². The lowest BCUT2D eigenvalue weighted by molar-refractivity contribution is -0.131. The highest BCUT2D eigenvalue weighted by Gasteiger charge is 2.28. The van der Waals surface area contributed by atoms with E-state index in [-0.39, 0.29) is 12.2 Å². The highest BCUT2D eigenvalue weighted by Crippen LogP contribution is 2.09. The third-order valence-corrected chi connectivity index (χ3v) is 2.02. The van der Waals surface area contributed by atoms with Crippen molar-refractivity contribution in [1.29, 1.82) is 5.26 Å². The summed E-state index contributed by atoms with van der Waals surface area (Å²) in [6, 6.07) is 4.84. The molecule has 0 fully saturated rings. The summed E-state index contributed by atoms with van der Waals surface area (Å²) in [6.07, 6.45) is 1.34. The maximum absolute atomic E-state index is 11.5. The van der Waals surface area contributed by atoms with Crippen LogP contribution in [0.2, 0.25) is 0 Å². The summed E-state index contributed by atoms with van der Waals surface area (Å²) in [4.78, 5) is 15.3. The molecule has 0 aliphatic heterocycles. The van der Waals surface area contributed by atoms with E-state index in [4.69, 9.17) is 11.0 Å². The van der Waals surface area contributed by atoms with E-state index in [1.165, 1.54) is 25.3 Å². The quantitative estimate of drug-likeness (QED) is 0.641. The van der Waals surface area contributed by atoms with E-state index in [0.29, 0.717) is 5.69 Å². The van der Waals surface area contributed by atoms with Gasteiger partial charge in [0.1, 0.15) is 11.8 Å². The molecule has 0 unspecified atom stereocenters. The molecule has 16 heavy (non-hydrogen) atoms. The number of nitriles is 1. The number of hydrogen-bond acceptors (Lipinski definition) is 5. The van der Waals surface area contributed by atoms with Crippen LogP contribution in [0.15, 0.2) is 18.3 Å². The molecule has 6 heteroatoms. The van der Waals surface area contributed by atoms with Crippen molar-refractivity contribution in [2.24, 2.45) is 5.73 Å². The fourth-order valence-corrected chi connectivity index (χ4v) is 0.892. The number of hydrogen-bond donors (Lipinski definition) is 3. The van der Waals surface area contributed by atoms with Gasteiger partial charge in [-0.1, -0.05) is 0 Å². The molecule has 1 aromatic heterocycles. The predicted octanol–water partition coefficient (Wildman–Crippen LogP) is -0.399. The molecule has 84 valence electrons. The summed E-state index contributed by atoms with van der Waals surface area (Å²) in [5.41, 5.74) is 4.27.